The number of aliphatic hydroxyl groups excluding tert-OH is 1. The molecule has 4 nitrogen and oxygen atoms in total. The monoisotopic (exact) mass is 344 g/mol. The zero-order valence-electron chi connectivity index (χ0n) is 14.7. The lowest BCUT2D eigenvalue weighted by molar-refractivity contribution is 0.147. The van der Waals surface area contributed by atoms with Gasteiger partial charge in [-0.2, -0.15) is 8.42 Å². The number of rotatable bonds is 9. The number of hydrogen-bond acceptors (Lipinski definition) is 3. The maximum atomic E-state index is 10.5. The van der Waals surface area contributed by atoms with Gasteiger partial charge in [-0.3, -0.25) is 4.55 Å². The molecule has 5 heteroatoms. The zero-order chi connectivity index (χ0) is 17.7. The SMILES string of the molecule is CCCCCC(O)CCCCC.Cc1ccc(S(=O)(=O)O)cc1. The van der Waals surface area contributed by atoms with Crippen LogP contribution in [0.1, 0.15) is 70.8 Å². The summed E-state index contributed by atoms with van der Waals surface area (Å²) < 4.78 is 29.6. The highest BCUT2D eigenvalue weighted by Crippen LogP contribution is 2.10. The van der Waals surface area contributed by atoms with E-state index < -0.39 is 10.1 Å². The second-order valence-corrected chi connectivity index (χ2v) is 7.36. The molecule has 134 valence electrons. The van der Waals surface area contributed by atoms with Crippen molar-refractivity contribution in [3.05, 3.63) is 29.8 Å². The summed E-state index contributed by atoms with van der Waals surface area (Å²) in [6, 6.07) is 5.99. The number of hydrogen-bond donors (Lipinski definition) is 2. The average molecular weight is 345 g/mol. The van der Waals surface area contributed by atoms with Crippen LogP contribution in [0.15, 0.2) is 29.2 Å². The Kier molecular flexibility index (Phi) is 12.0. The Morgan fingerprint density at radius 1 is 0.913 bits per heavy atom. The van der Waals surface area contributed by atoms with Crippen molar-refractivity contribution in [2.45, 2.75) is 83.1 Å². The van der Waals surface area contributed by atoms with E-state index in [0.29, 0.717) is 0 Å². The fourth-order valence-electron chi connectivity index (χ4n) is 2.11. The zero-order valence-corrected chi connectivity index (χ0v) is 15.5. The molecule has 0 radical (unpaired) electrons. The molecule has 23 heavy (non-hydrogen) atoms. The third-order valence-electron chi connectivity index (χ3n) is 3.60. The fraction of sp³-hybridized carbons (Fsp3) is 0.667. The molecule has 0 aliphatic rings. The van der Waals surface area contributed by atoms with E-state index in [1.807, 2.05) is 6.92 Å². The standard InChI is InChI=1S/C11H24O.C7H8O3S/c1-3-5-7-9-11(12)10-8-6-4-2;1-6-2-4-7(5-3-6)11(8,9)10/h11-12H,3-10H2,1-2H3;2-5H,1H3,(H,8,9,10). The Labute approximate surface area is 141 Å². The molecular weight excluding hydrogens is 312 g/mol. The van der Waals surface area contributed by atoms with Gasteiger partial charge in [0.25, 0.3) is 10.1 Å². The summed E-state index contributed by atoms with van der Waals surface area (Å²) in [5.41, 5.74) is 0.956. The molecule has 0 fully saturated rings. The quantitative estimate of drug-likeness (QED) is 0.501. The van der Waals surface area contributed by atoms with Gasteiger partial charge >= 0.3 is 0 Å². The Balaban J connectivity index is 0.000000422. The van der Waals surface area contributed by atoms with Crippen LogP contribution in [0.2, 0.25) is 0 Å². The normalized spacial score (nSPS) is 11.2. The largest absolute Gasteiger partial charge is 0.393 e. The van der Waals surface area contributed by atoms with E-state index in [1.165, 1.54) is 50.7 Å². The Morgan fingerprint density at radius 2 is 1.35 bits per heavy atom. The van der Waals surface area contributed by atoms with E-state index in [1.54, 1.807) is 12.1 Å². The minimum atomic E-state index is -4.02. The highest BCUT2D eigenvalue weighted by molar-refractivity contribution is 7.85. The van der Waals surface area contributed by atoms with Crippen molar-refractivity contribution in [1.29, 1.82) is 0 Å². The molecule has 1 rings (SSSR count). The molecule has 0 atom stereocenters. The maximum absolute atomic E-state index is 10.5. The molecular formula is C18H32O4S. The van der Waals surface area contributed by atoms with Crippen LogP contribution in [0.25, 0.3) is 0 Å². The van der Waals surface area contributed by atoms with E-state index in [0.717, 1.165) is 18.4 Å². The summed E-state index contributed by atoms with van der Waals surface area (Å²) in [4.78, 5) is -0.0666. The van der Waals surface area contributed by atoms with Gasteiger partial charge in [-0.1, -0.05) is 70.1 Å². The van der Waals surface area contributed by atoms with E-state index in [4.69, 9.17) is 4.55 Å². The van der Waals surface area contributed by atoms with Crippen LogP contribution >= 0.6 is 0 Å². The summed E-state index contributed by atoms with van der Waals surface area (Å²) >= 11 is 0. The van der Waals surface area contributed by atoms with E-state index in [9.17, 15) is 13.5 Å². The van der Waals surface area contributed by atoms with Crippen LogP contribution in [0.4, 0.5) is 0 Å². The van der Waals surface area contributed by atoms with E-state index >= 15 is 0 Å². The molecule has 0 spiro atoms. The number of aryl methyl sites for hydroxylation is 1. The third kappa shape index (κ3) is 12.2. The summed E-state index contributed by atoms with van der Waals surface area (Å²) in [6.07, 6.45) is 9.44. The Hall–Kier alpha value is -0.910. The highest BCUT2D eigenvalue weighted by Gasteiger charge is 2.06. The van der Waals surface area contributed by atoms with Crippen LogP contribution in [-0.2, 0) is 10.1 Å². The third-order valence-corrected chi connectivity index (χ3v) is 4.47. The van der Waals surface area contributed by atoms with Gasteiger partial charge in [0, 0.05) is 0 Å². The number of aliphatic hydroxyl groups is 1. The lowest BCUT2D eigenvalue weighted by atomic mass is 10.0. The first kappa shape index (κ1) is 22.1. The van der Waals surface area contributed by atoms with Gasteiger partial charge in [0.05, 0.1) is 11.0 Å². The van der Waals surface area contributed by atoms with Crippen molar-refractivity contribution in [2.75, 3.05) is 0 Å². The molecule has 0 aliphatic carbocycles. The van der Waals surface area contributed by atoms with Crippen LogP contribution in [0.5, 0.6) is 0 Å². The maximum Gasteiger partial charge on any atom is 0.294 e. The molecule has 0 aliphatic heterocycles. The predicted octanol–water partition coefficient (Wildman–Crippen LogP) is 4.75. The summed E-state index contributed by atoms with van der Waals surface area (Å²) in [7, 11) is -4.02. The molecule has 0 bridgehead atoms. The Bertz CT molecular complexity index is 484. The molecule has 0 amide bonds. The van der Waals surface area contributed by atoms with Gasteiger partial charge in [-0.25, -0.2) is 0 Å². The molecule has 0 unspecified atom stereocenters. The number of unbranched alkanes of at least 4 members (excludes halogenated alkanes) is 4. The average Bonchev–Trinajstić information content (AvgIpc) is 2.48. The van der Waals surface area contributed by atoms with Crippen LogP contribution in [0.3, 0.4) is 0 Å². The highest BCUT2D eigenvalue weighted by atomic mass is 32.2. The van der Waals surface area contributed by atoms with Gasteiger partial charge in [0.2, 0.25) is 0 Å². The van der Waals surface area contributed by atoms with Crippen molar-refractivity contribution in [3.8, 4) is 0 Å². The first-order valence-electron chi connectivity index (χ1n) is 8.53. The second-order valence-electron chi connectivity index (χ2n) is 5.93. The minimum Gasteiger partial charge on any atom is -0.393 e. The van der Waals surface area contributed by atoms with Gasteiger partial charge < -0.3 is 5.11 Å². The number of benzene rings is 1. The van der Waals surface area contributed by atoms with Gasteiger partial charge in [0.1, 0.15) is 0 Å². The predicted molar refractivity (Wildman–Crippen MR) is 95.3 cm³/mol. The van der Waals surface area contributed by atoms with Gasteiger partial charge in [0.15, 0.2) is 0 Å². The summed E-state index contributed by atoms with van der Waals surface area (Å²) in [5.74, 6) is 0. The van der Waals surface area contributed by atoms with Crippen LogP contribution in [0, 0.1) is 6.92 Å². The van der Waals surface area contributed by atoms with Gasteiger partial charge in [-0.15, -0.1) is 0 Å². The molecule has 0 saturated carbocycles. The molecule has 0 heterocycles. The van der Waals surface area contributed by atoms with E-state index in [-0.39, 0.29) is 11.0 Å². The van der Waals surface area contributed by atoms with Crippen molar-refractivity contribution >= 4 is 10.1 Å². The Morgan fingerprint density at radius 3 is 1.70 bits per heavy atom. The molecule has 0 aromatic heterocycles. The lowest BCUT2D eigenvalue weighted by Gasteiger charge is -2.08. The summed E-state index contributed by atoms with van der Waals surface area (Å²) in [5, 5.41) is 9.50. The second kappa shape index (κ2) is 12.5. The first-order valence-corrected chi connectivity index (χ1v) is 9.97. The van der Waals surface area contributed by atoms with Gasteiger partial charge in [-0.05, 0) is 31.9 Å². The summed E-state index contributed by atoms with van der Waals surface area (Å²) in [6.45, 7) is 6.24. The van der Waals surface area contributed by atoms with E-state index in [2.05, 4.69) is 13.8 Å². The molecule has 0 saturated heterocycles. The van der Waals surface area contributed by atoms with Crippen LogP contribution < -0.4 is 0 Å². The molecule has 1 aromatic rings. The van der Waals surface area contributed by atoms with Crippen LogP contribution in [-0.4, -0.2) is 24.2 Å². The van der Waals surface area contributed by atoms with Crippen molar-refractivity contribution < 1.29 is 18.1 Å². The van der Waals surface area contributed by atoms with Crippen molar-refractivity contribution in [1.82, 2.24) is 0 Å². The fourth-order valence-corrected chi connectivity index (χ4v) is 2.59. The first-order chi connectivity index (χ1) is 10.8. The van der Waals surface area contributed by atoms with Crippen molar-refractivity contribution in [3.63, 3.8) is 0 Å². The molecule has 1 aromatic carbocycles. The smallest absolute Gasteiger partial charge is 0.294 e. The van der Waals surface area contributed by atoms with Crippen molar-refractivity contribution in [2.24, 2.45) is 0 Å². The minimum absolute atomic E-state index is 0.0249. The lowest BCUT2D eigenvalue weighted by Crippen LogP contribution is -2.05. The topological polar surface area (TPSA) is 74.6 Å². The molecule has 2 N–H and O–H groups in total.